The van der Waals surface area contributed by atoms with Gasteiger partial charge in [-0.25, -0.2) is 0 Å². The van der Waals surface area contributed by atoms with Crippen molar-refractivity contribution in [3.05, 3.63) is 90.8 Å². The molecule has 5 rings (SSSR count). The molecule has 0 aliphatic carbocycles. The van der Waals surface area contributed by atoms with Crippen molar-refractivity contribution in [1.82, 2.24) is 24.9 Å². The molecule has 0 bridgehead atoms. The highest BCUT2D eigenvalue weighted by molar-refractivity contribution is 7.99. The first-order valence-electron chi connectivity index (χ1n) is 11.0. The van der Waals surface area contributed by atoms with E-state index in [1.807, 2.05) is 83.4 Å². The molecule has 0 saturated heterocycles. The normalized spacial score (nSPS) is 10.8. The molecular weight excluding hydrogens is 478 g/mol. The maximum absolute atomic E-state index is 12.5. The molecule has 0 unspecified atom stereocenters. The van der Waals surface area contributed by atoms with Gasteiger partial charge in [-0.2, -0.15) is 4.98 Å². The number of benzene rings is 3. The summed E-state index contributed by atoms with van der Waals surface area (Å²) < 4.78 is 17.7. The summed E-state index contributed by atoms with van der Waals surface area (Å²) in [6, 6.07) is 26.8. The number of rotatable bonds is 9. The Balaban J connectivity index is 1.24. The topological polar surface area (TPSA) is 105 Å². The smallest absolute Gasteiger partial charge is 0.316 e. The second-order valence-corrected chi connectivity index (χ2v) is 8.48. The minimum atomic E-state index is -0.440. The summed E-state index contributed by atoms with van der Waals surface area (Å²) in [6.07, 6.45) is 0. The third kappa shape index (κ3) is 5.28. The highest BCUT2D eigenvalue weighted by Gasteiger charge is 2.18. The number of carbonyl (C=O) groups is 1. The predicted molar refractivity (Wildman–Crippen MR) is 134 cm³/mol. The van der Waals surface area contributed by atoms with Crippen LogP contribution in [0.25, 0.3) is 28.5 Å². The molecule has 0 amide bonds. The fourth-order valence-corrected chi connectivity index (χ4v) is 4.20. The standard InChI is InChI=1S/C26H21N5O4S/c1-33-21-14-8-11-19(15-21)24-27-22(35-30-24)16-34-23(32)17-36-26-29-28-25(18-9-4-2-5-10-18)31(26)20-12-6-3-7-13-20/h2-15H,16-17H2,1H3. The summed E-state index contributed by atoms with van der Waals surface area (Å²) in [6.45, 7) is -0.128. The number of hydrogen-bond acceptors (Lipinski definition) is 9. The van der Waals surface area contributed by atoms with Gasteiger partial charge in [-0.1, -0.05) is 77.6 Å². The first kappa shape index (κ1) is 23.3. The van der Waals surface area contributed by atoms with Crippen molar-refractivity contribution in [2.24, 2.45) is 0 Å². The van der Waals surface area contributed by atoms with E-state index in [0.717, 1.165) is 16.8 Å². The van der Waals surface area contributed by atoms with Crippen molar-refractivity contribution in [2.45, 2.75) is 11.8 Å². The third-order valence-corrected chi connectivity index (χ3v) is 6.05. The number of hydrogen-bond donors (Lipinski definition) is 0. The molecule has 2 heterocycles. The molecule has 2 aromatic heterocycles. The second-order valence-electron chi connectivity index (χ2n) is 7.54. The summed E-state index contributed by atoms with van der Waals surface area (Å²) in [5, 5.41) is 13.2. The van der Waals surface area contributed by atoms with E-state index in [-0.39, 0.29) is 18.3 Å². The van der Waals surface area contributed by atoms with Gasteiger partial charge in [0.05, 0.1) is 12.9 Å². The van der Waals surface area contributed by atoms with Gasteiger partial charge < -0.3 is 14.0 Å². The zero-order chi connectivity index (χ0) is 24.7. The van der Waals surface area contributed by atoms with Gasteiger partial charge in [0.15, 0.2) is 17.6 Å². The fourth-order valence-electron chi connectivity index (χ4n) is 3.45. The van der Waals surface area contributed by atoms with E-state index in [2.05, 4.69) is 20.3 Å². The van der Waals surface area contributed by atoms with Crippen LogP contribution >= 0.6 is 11.8 Å². The summed E-state index contributed by atoms with van der Waals surface area (Å²) >= 11 is 1.24. The minimum Gasteiger partial charge on any atom is -0.497 e. The van der Waals surface area contributed by atoms with Crippen LogP contribution in [0.1, 0.15) is 5.89 Å². The van der Waals surface area contributed by atoms with Crippen LogP contribution in [0.2, 0.25) is 0 Å². The van der Waals surface area contributed by atoms with E-state index in [1.165, 1.54) is 11.8 Å². The number of ether oxygens (including phenoxy) is 2. The Hall–Kier alpha value is -4.44. The Morgan fingerprint density at radius 3 is 2.47 bits per heavy atom. The van der Waals surface area contributed by atoms with Gasteiger partial charge in [-0.15, -0.1) is 10.2 Å². The Morgan fingerprint density at radius 2 is 1.69 bits per heavy atom. The Kier molecular flexibility index (Phi) is 7.04. The van der Waals surface area contributed by atoms with Gasteiger partial charge in [0.25, 0.3) is 5.89 Å². The van der Waals surface area contributed by atoms with E-state index in [1.54, 1.807) is 13.2 Å². The van der Waals surface area contributed by atoms with Crippen molar-refractivity contribution in [3.8, 4) is 34.2 Å². The van der Waals surface area contributed by atoms with Gasteiger partial charge in [-0.05, 0) is 24.3 Å². The second kappa shape index (κ2) is 10.9. The number of esters is 1. The molecule has 0 N–H and O–H groups in total. The summed E-state index contributed by atoms with van der Waals surface area (Å²) in [7, 11) is 1.59. The number of nitrogens with zero attached hydrogens (tertiary/aromatic N) is 5. The van der Waals surface area contributed by atoms with Crippen molar-refractivity contribution in [1.29, 1.82) is 0 Å². The van der Waals surface area contributed by atoms with Crippen LogP contribution in [0.5, 0.6) is 5.75 Å². The van der Waals surface area contributed by atoms with Gasteiger partial charge in [0, 0.05) is 16.8 Å². The zero-order valence-corrected chi connectivity index (χ0v) is 20.1. The van der Waals surface area contributed by atoms with Crippen molar-refractivity contribution in [2.75, 3.05) is 12.9 Å². The highest BCUT2D eigenvalue weighted by Crippen LogP contribution is 2.28. The summed E-state index contributed by atoms with van der Waals surface area (Å²) in [4.78, 5) is 16.8. The van der Waals surface area contributed by atoms with E-state index in [0.29, 0.717) is 22.6 Å². The first-order chi connectivity index (χ1) is 17.7. The molecule has 0 aliphatic heterocycles. The molecule has 5 aromatic rings. The quantitative estimate of drug-likeness (QED) is 0.208. The Bertz CT molecular complexity index is 1450. The Morgan fingerprint density at radius 1 is 0.944 bits per heavy atom. The molecule has 9 nitrogen and oxygen atoms in total. The van der Waals surface area contributed by atoms with Gasteiger partial charge in [-0.3, -0.25) is 9.36 Å². The molecule has 0 radical (unpaired) electrons. The summed E-state index contributed by atoms with van der Waals surface area (Å²) in [5.41, 5.74) is 2.56. The molecule has 36 heavy (non-hydrogen) atoms. The van der Waals surface area contributed by atoms with Crippen LogP contribution in [-0.2, 0) is 16.1 Å². The summed E-state index contributed by atoms with van der Waals surface area (Å²) in [5.74, 6) is 1.56. The number of thioether (sulfide) groups is 1. The molecule has 0 aliphatic rings. The van der Waals surface area contributed by atoms with E-state index in [4.69, 9.17) is 14.0 Å². The average molecular weight is 500 g/mol. The molecule has 0 spiro atoms. The minimum absolute atomic E-state index is 0.0383. The van der Waals surface area contributed by atoms with Crippen LogP contribution < -0.4 is 4.74 Å². The molecule has 10 heteroatoms. The van der Waals surface area contributed by atoms with E-state index < -0.39 is 5.97 Å². The van der Waals surface area contributed by atoms with E-state index >= 15 is 0 Å². The molecule has 0 saturated carbocycles. The van der Waals surface area contributed by atoms with Crippen molar-refractivity contribution < 1.29 is 18.8 Å². The lowest BCUT2D eigenvalue weighted by atomic mass is 10.2. The first-order valence-corrected chi connectivity index (χ1v) is 12.0. The van der Waals surface area contributed by atoms with E-state index in [9.17, 15) is 4.79 Å². The molecule has 180 valence electrons. The third-order valence-electron chi connectivity index (χ3n) is 5.15. The highest BCUT2D eigenvalue weighted by atomic mass is 32.2. The monoisotopic (exact) mass is 499 g/mol. The lowest BCUT2D eigenvalue weighted by Crippen LogP contribution is -2.08. The number of carbonyl (C=O) groups excluding carboxylic acids is 1. The van der Waals surface area contributed by atoms with Crippen LogP contribution in [0, 0.1) is 0 Å². The molecular formula is C26H21N5O4S. The average Bonchev–Trinajstić information content (AvgIpc) is 3.59. The molecule has 0 atom stereocenters. The number of aromatic nitrogens is 5. The lowest BCUT2D eigenvalue weighted by Gasteiger charge is -2.10. The number of methoxy groups -OCH3 is 1. The van der Waals surface area contributed by atoms with Gasteiger partial charge in [0.1, 0.15) is 5.75 Å². The van der Waals surface area contributed by atoms with Gasteiger partial charge >= 0.3 is 5.97 Å². The number of para-hydroxylation sites is 1. The Labute approximate surface area is 211 Å². The predicted octanol–water partition coefficient (Wildman–Crippen LogP) is 4.83. The maximum atomic E-state index is 12.5. The van der Waals surface area contributed by atoms with Crippen LogP contribution in [0.15, 0.2) is 94.6 Å². The van der Waals surface area contributed by atoms with Crippen LogP contribution in [0.4, 0.5) is 0 Å². The molecule has 3 aromatic carbocycles. The van der Waals surface area contributed by atoms with Crippen LogP contribution in [0.3, 0.4) is 0 Å². The van der Waals surface area contributed by atoms with Crippen molar-refractivity contribution in [3.63, 3.8) is 0 Å². The zero-order valence-electron chi connectivity index (χ0n) is 19.3. The van der Waals surface area contributed by atoms with Crippen LogP contribution in [-0.4, -0.2) is 43.7 Å². The largest absolute Gasteiger partial charge is 0.497 e. The lowest BCUT2D eigenvalue weighted by molar-refractivity contribution is -0.142. The SMILES string of the molecule is COc1cccc(-c2noc(COC(=O)CSc3nnc(-c4ccccc4)n3-c3ccccc3)n2)c1. The maximum Gasteiger partial charge on any atom is 0.316 e. The fraction of sp³-hybridized carbons (Fsp3) is 0.115. The molecule has 0 fully saturated rings. The van der Waals surface area contributed by atoms with Gasteiger partial charge in [0.2, 0.25) is 5.82 Å². The van der Waals surface area contributed by atoms with Crippen molar-refractivity contribution >= 4 is 17.7 Å².